The summed E-state index contributed by atoms with van der Waals surface area (Å²) in [6.07, 6.45) is 5.69. The molecule has 1 amide bonds. The number of carbonyl (C=O) groups is 1. The van der Waals surface area contributed by atoms with Crippen LogP contribution >= 0.6 is 11.3 Å². The largest absolute Gasteiger partial charge is 0.370 e. The molecule has 3 aromatic rings. The summed E-state index contributed by atoms with van der Waals surface area (Å²) < 4.78 is 5.28. The number of thiophene rings is 1. The van der Waals surface area contributed by atoms with Gasteiger partial charge in [-0.2, -0.15) is 16.3 Å². The third-order valence-electron chi connectivity index (χ3n) is 4.94. The second-order valence-corrected chi connectivity index (χ2v) is 7.77. The van der Waals surface area contributed by atoms with Crippen LogP contribution in [-0.2, 0) is 11.2 Å². The Hall–Kier alpha value is -2.67. The van der Waals surface area contributed by atoms with Crippen molar-refractivity contribution in [2.45, 2.75) is 38.5 Å². The summed E-state index contributed by atoms with van der Waals surface area (Å²) in [5.41, 5.74) is 2.92. The van der Waals surface area contributed by atoms with Crippen molar-refractivity contribution in [3.8, 4) is 11.4 Å². The van der Waals surface area contributed by atoms with Gasteiger partial charge in [0.05, 0.1) is 11.4 Å². The summed E-state index contributed by atoms with van der Waals surface area (Å²) >= 11 is 1.59. The van der Waals surface area contributed by atoms with Gasteiger partial charge in [-0.25, -0.2) is 0 Å². The number of para-hydroxylation sites is 2. The van der Waals surface area contributed by atoms with Crippen molar-refractivity contribution in [3.05, 3.63) is 47.0 Å². The molecule has 28 heavy (non-hydrogen) atoms. The Labute approximate surface area is 168 Å². The first-order valence-corrected chi connectivity index (χ1v) is 10.7. The average Bonchev–Trinajstić information content (AvgIpc) is 3.34. The molecule has 6 nitrogen and oxygen atoms in total. The van der Waals surface area contributed by atoms with Crippen LogP contribution in [0.5, 0.6) is 0 Å². The number of anilines is 2. The molecule has 0 radical (unpaired) electrons. The van der Waals surface area contributed by atoms with E-state index in [1.165, 1.54) is 25.7 Å². The molecule has 4 rings (SSSR count). The zero-order valence-corrected chi connectivity index (χ0v) is 16.6. The first-order chi connectivity index (χ1) is 13.8. The molecule has 146 valence electrons. The number of hydrogen-bond donors (Lipinski definition) is 1. The second-order valence-electron chi connectivity index (χ2n) is 6.99. The second kappa shape index (κ2) is 9.01. The van der Waals surface area contributed by atoms with E-state index in [1.54, 1.807) is 11.3 Å². The highest BCUT2D eigenvalue weighted by molar-refractivity contribution is 7.08. The van der Waals surface area contributed by atoms with E-state index in [-0.39, 0.29) is 5.91 Å². The summed E-state index contributed by atoms with van der Waals surface area (Å²) in [5, 5.41) is 11.0. The molecule has 2 aromatic heterocycles. The van der Waals surface area contributed by atoms with Crippen LogP contribution < -0.4 is 10.2 Å². The molecule has 1 N–H and O–H groups in total. The van der Waals surface area contributed by atoms with E-state index in [9.17, 15) is 4.79 Å². The summed E-state index contributed by atoms with van der Waals surface area (Å²) in [5.74, 6) is 1.01. The number of rotatable bonds is 6. The molecular weight excluding hydrogens is 372 g/mol. The molecule has 1 fully saturated rings. The molecule has 1 aromatic carbocycles. The van der Waals surface area contributed by atoms with Crippen molar-refractivity contribution in [1.29, 1.82) is 0 Å². The highest BCUT2D eigenvalue weighted by Gasteiger charge is 2.16. The predicted octanol–water partition coefficient (Wildman–Crippen LogP) is 4.75. The molecule has 0 atom stereocenters. The minimum absolute atomic E-state index is 0.0439. The van der Waals surface area contributed by atoms with Gasteiger partial charge in [-0.15, -0.1) is 0 Å². The first-order valence-electron chi connectivity index (χ1n) is 9.78. The van der Waals surface area contributed by atoms with Crippen molar-refractivity contribution in [2.75, 3.05) is 23.3 Å². The third kappa shape index (κ3) is 4.59. The molecule has 3 heterocycles. The van der Waals surface area contributed by atoms with Gasteiger partial charge in [0, 0.05) is 36.9 Å². The predicted molar refractivity (Wildman–Crippen MR) is 112 cm³/mol. The molecule has 1 saturated heterocycles. The van der Waals surface area contributed by atoms with Crippen LogP contribution in [0.15, 0.2) is 45.6 Å². The minimum atomic E-state index is -0.0439. The van der Waals surface area contributed by atoms with Crippen LogP contribution in [0.4, 0.5) is 11.4 Å². The van der Waals surface area contributed by atoms with Crippen molar-refractivity contribution in [2.24, 2.45) is 0 Å². The molecular formula is C21H24N4O2S. The Morgan fingerprint density at radius 1 is 1.14 bits per heavy atom. The lowest BCUT2D eigenvalue weighted by molar-refractivity contribution is -0.116. The maximum absolute atomic E-state index is 12.5. The lowest BCUT2D eigenvalue weighted by atomic mass is 10.2. The Balaban J connectivity index is 1.36. The number of nitrogens with one attached hydrogen (secondary N) is 1. The molecule has 1 aliphatic heterocycles. The highest BCUT2D eigenvalue weighted by Crippen LogP contribution is 2.28. The summed E-state index contributed by atoms with van der Waals surface area (Å²) in [7, 11) is 0. The highest BCUT2D eigenvalue weighted by atomic mass is 32.1. The van der Waals surface area contributed by atoms with E-state index in [1.807, 2.05) is 35.0 Å². The number of benzene rings is 1. The van der Waals surface area contributed by atoms with Gasteiger partial charge in [0.1, 0.15) is 0 Å². The zero-order valence-electron chi connectivity index (χ0n) is 15.8. The van der Waals surface area contributed by atoms with Gasteiger partial charge in [-0.05, 0) is 36.4 Å². The average molecular weight is 397 g/mol. The maximum Gasteiger partial charge on any atom is 0.227 e. The standard InChI is InChI=1S/C21H24N4O2S/c26-19(9-10-20-23-21(24-27-20)16-11-14-28-15-16)22-17-7-3-4-8-18(17)25-12-5-1-2-6-13-25/h3-4,7-8,11,14-15H,1-2,5-6,9-10,12-13H2,(H,22,26). The van der Waals surface area contributed by atoms with Gasteiger partial charge >= 0.3 is 0 Å². The van der Waals surface area contributed by atoms with Gasteiger partial charge in [-0.1, -0.05) is 30.1 Å². The Bertz CT molecular complexity index is 899. The van der Waals surface area contributed by atoms with Crippen molar-refractivity contribution < 1.29 is 9.32 Å². The van der Waals surface area contributed by atoms with E-state index in [0.717, 1.165) is 30.0 Å². The Morgan fingerprint density at radius 2 is 1.96 bits per heavy atom. The van der Waals surface area contributed by atoms with E-state index in [0.29, 0.717) is 24.6 Å². The quantitative estimate of drug-likeness (QED) is 0.651. The number of aryl methyl sites for hydroxylation is 1. The number of aromatic nitrogens is 2. The molecule has 0 spiro atoms. The molecule has 0 bridgehead atoms. The van der Waals surface area contributed by atoms with Crippen LogP contribution in [-0.4, -0.2) is 29.1 Å². The molecule has 7 heteroatoms. The molecule has 1 aliphatic rings. The van der Waals surface area contributed by atoms with Crippen LogP contribution in [0, 0.1) is 0 Å². The molecule has 0 aliphatic carbocycles. The lowest BCUT2D eigenvalue weighted by Crippen LogP contribution is -2.25. The van der Waals surface area contributed by atoms with Gasteiger partial charge in [0.25, 0.3) is 0 Å². The van der Waals surface area contributed by atoms with E-state index >= 15 is 0 Å². The fourth-order valence-electron chi connectivity index (χ4n) is 3.47. The van der Waals surface area contributed by atoms with Gasteiger partial charge in [-0.3, -0.25) is 4.79 Å². The molecule has 0 saturated carbocycles. The fourth-order valence-corrected chi connectivity index (χ4v) is 4.10. The maximum atomic E-state index is 12.5. The zero-order chi connectivity index (χ0) is 19.2. The normalized spacial score (nSPS) is 14.6. The monoisotopic (exact) mass is 396 g/mol. The summed E-state index contributed by atoms with van der Waals surface area (Å²) in [6.45, 7) is 2.08. The number of nitrogens with zero attached hydrogens (tertiary/aromatic N) is 3. The van der Waals surface area contributed by atoms with E-state index in [4.69, 9.17) is 4.52 Å². The van der Waals surface area contributed by atoms with Gasteiger partial charge in [0.15, 0.2) is 0 Å². The van der Waals surface area contributed by atoms with E-state index in [2.05, 4.69) is 26.4 Å². The smallest absolute Gasteiger partial charge is 0.227 e. The fraction of sp³-hybridized carbons (Fsp3) is 0.381. The van der Waals surface area contributed by atoms with Gasteiger partial charge < -0.3 is 14.7 Å². The number of carbonyl (C=O) groups excluding carboxylic acids is 1. The first kappa shape index (κ1) is 18.7. The van der Waals surface area contributed by atoms with Crippen molar-refractivity contribution >= 4 is 28.6 Å². The Morgan fingerprint density at radius 3 is 2.75 bits per heavy atom. The lowest BCUT2D eigenvalue weighted by Gasteiger charge is -2.25. The topological polar surface area (TPSA) is 71.3 Å². The SMILES string of the molecule is O=C(CCc1nc(-c2ccsc2)no1)Nc1ccccc1N1CCCCCC1. The molecule has 0 unspecified atom stereocenters. The van der Waals surface area contributed by atoms with Crippen LogP contribution in [0.2, 0.25) is 0 Å². The van der Waals surface area contributed by atoms with Gasteiger partial charge in [0.2, 0.25) is 17.6 Å². The van der Waals surface area contributed by atoms with Crippen molar-refractivity contribution in [1.82, 2.24) is 10.1 Å². The summed E-state index contributed by atoms with van der Waals surface area (Å²) in [6, 6.07) is 10.00. The number of hydrogen-bond acceptors (Lipinski definition) is 6. The minimum Gasteiger partial charge on any atom is -0.370 e. The third-order valence-corrected chi connectivity index (χ3v) is 5.62. The van der Waals surface area contributed by atoms with E-state index < -0.39 is 0 Å². The van der Waals surface area contributed by atoms with Crippen LogP contribution in [0.3, 0.4) is 0 Å². The number of amides is 1. The van der Waals surface area contributed by atoms with Crippen LogP contribution in [0.25, 0.3) is 11.4 Å². The van der Waals surface area contributed by atoms with Crippen molar-refractivity contribution in [3.63, 3.8) is 0 Å². The Kier molecular flexibility index (Phi) is 6.01. The summed E-state index contributed by atoms with van der Waals surface area (Å²) in [4.78, 5) is 19.3. The van der Waals surface area contributed by atoms with Crippen LogP contribution in [0.1, 0.15) is 38.0 Å².